The highest BCUT2D eigenvalue weighted by Gasteiger charge is 2.12. The summed E-state index contributed by atoms with van der Waals surface area (Å²) in [5, 5.41) is 38.6. The Morgan fingerprint density at radius 2 is 1.36 bits per heavy atom. The van der Waals surface area contributed by atoms with Gasteiger partial charge < -0.3 is 20.4 Å². The number of aliphatic hydroxyl groups excluding tert-OH is 4. The Bertz CT molecular complexity index is 914. The molecule has 3 aromatic carbocycles. The molecule has 3 aromatic rings. The van der Waals surface area contributed by atoms with Gasteiger partial charge in [-0.15, -0.1) is 0 Å². The summed E-state index contributed by atoms with van der Waals surface area (Å²) >= 11 is 0. The van der Waals surface area contributed by atoms with E-state index in [1.54, 1.807) is 0 Å². The van der Waals surface area contributed by atoms with Crippen LogP contribution in [0.3, 0.4) is 0 Å². The van der Waals surface area contributed by atoms with Crippen LogP contribution in [0.25, 0.3) is 10.8 Å². The molecule has 0 saturated carbocycles. The van der Waals surface area contributed by atoms with Crippen LogP contribution in [0.15, 0.2) is 48.5 Å². The summed E-state index contributed by atoms with van der Waals surface area (Å²) in [6, 6.07) is 15.8. The van der Waals surface area contributed by atoms with E-state index in [9.17, 15) is 5.11 Å². The van der Waals surface area contributed by atoms with Gasteiger partial charge in [-0.25, -0.2) is 0 Å². The van der Waals surface area contributed by atoms with E-state index in [4.69, 9.17) is 15.3 Å². The van der Waals surface area contributed by atoms with Gasteiger partial charge in [0.05, 0.1) is 26.4 Å². The molecular formula is C24H30O4. The van der Waals surface area contributed by atoms with Crippen LogP contribution in [0, 0.1) is 20.8 Å². The molecule has 0 amide bonds. The maximum Gasteiger partial charge on any atom is 0.0691 e. The highest BCUT2D eigenvalue weighted by atomic mass is 16.3. The smallest absolute Gasteiger partial charge is 0.0691 e. The number of aliphatic hydroxyl groups is 4. The maximum absolute atomic E-state index is 9.24. The Labute approximate surface area is 166 Å². The first-order chi connectivity index (χ1) is 13.5. The lowest BCUT2D eigenvalue weighted by Gasteiger charge is -2.16. The van der Waals surface area contributed by atoms with E-state index in [2.05, 4.69) is 19.1 Å². The van der Waals surface area contributed by atoms with Crippen LogP contribution in [0.4, 0.5) is 0 Å². The molecule has 4 N–H and O–H groups in total. The van der Waals surface area contributed by atoms with Gasteiger partial charge >= 0.3 is 0 Å². The standard InChI is InChI=1S/C12H12O2.C12H18O2/c13-7-10-6-5-9-3-1-2-4-11(9)12(10)8-14;1-8-4-10(3)12(5-9(8)2)11(6-13)7-14/h1-6,13-14H,7-8H2;4-5,11,13-14H,6-7H2,1-3H3. The van der Waals surface area contributed by atoms with Gasteiger partial charge in [-0.05, 0) is 64.9 Å². The van der Waals surface area contributed by atoms with E-state index in [0.717, 1.165) is 33.0 Å². The van der Waals surface area contributed by atoms with Crippen molar-refractivity contribution in [2.75, 3.05) is 13.2 Å². The number of fused-ring (bicyclic) bond motifs is 1. The average Bonchev–Trinajstić information content (AvgIpc) is 2.72. The third kappa shape index (κ3) is 4.97. The Balaban J connectivity index is 0.000000200. The zero-order valence-electron chi connectivity index (χ0n) is 16.8. The van der Waals surface area contributed by atoms with Crippen molar-refractivity contribution >= 4 is 10.8 Å². The van der Waals surface area contributed by atoms with Gasteiger partial charge in [-0.2, -0.15) is 0 Å². The van der Waals surface area contributed by atoms with Gasteiger partial charge in [-0.3, -0.25) is 0 Å². The van der Waals surface area contributed by atoms with Crippen molar-refractivity contribution in [3.63, 3.8) is 0 Å². The van der Waals surface area contributed by atoms with Crippen molar-refractivity contribution in [3.8, 4) is 0 Å². The van der Waals surface area contributed by atoms with E-state index >= 15 is 0 Å². The number of rotatable bonds is 5. The summed E-state index contributed by atoms with van der Waals surface area (Å²) in [4.78, 5) is 0. The Morgan fingerprint density at radius 3 is 1.96 bits per heavy atom. The summed E-state index contributed by atoms with van der Waals surface area (Å²) < 4.78 is 0. The van der Waals surface area contributed by atoms with E-state index in [-0.39, 0.29) is 32.3 Å². The van der Waals surface area contributed by atoms with Gasteiger partial charge in [0.2, 0.25) is 0 Å². The topological polar surface area (TPSA) is 80.9 Å². The molecule has 0 aliphatic heterocycles. The molecule has 0 heterocycles. The fourth-order valence-electron chi connectivity index (χ4n) is 3.39. The van der Waals surface area contributed by atoms with E-state index in [0.29, 0.717) is 0 Å². The quantitative estimate of drug-likeness (QED) is 0.544. The molecule has 0 spiro atoms. The molecule has 4 nitrogen and oxygen atoms in total. The molecule has 4 heteroatoms. The van der Waals surface area contributed by atoms with E-state index in [1.165, 1.54) is 11.1 Å². The molecule has 0 aliphatic rings. The van der Waals surface area contributed by atoms with Crippen molar-refractivity contribution in [1.29, 1.82) is 0 Å². The van der Waals surface area contributed by atoms with Gasteiger partial charge in [0, 0.05) is 5.92 Å². The monoisotopic (exact) mass is 382 g/mol. The first kappa shape index (κ1) is 22.1. The summed E-state index contributed by atoms with van der Waals surface area (Å²) in [7, 11) is 0. The number of hydrogen-bond acceptors (Lipinski definition) is 4. The minimum absolute atomic E-state index is 0.000158. The summed E-state index contributed by atoms with van der Waals surface area (Å²) in [5.74, 6) is -0.144. The van der Waals surface area contributed by atoms with Gasteiger partial charge in [-0.1, -0.05) is 48.5 Å². The maximum atomic E-state index is 9.24. The van der Waals surface area contributed by atoms with E-state index < -0.39 is 0 Å². The molecule has 3 rings (SSSR count). The Hall–Kier alpha value is -2.24. The predicted octanol–water partition coefficient (Wildman–Crippen LogP) is 3.50. The second kappa shape index (κ2) is 10.3. The minimum Gasteiger partial charge on any atom is -0.396 e. The molecule has 0 aromatic heterocycles. The fourth-order valence-corrected chi connectivity index (χ4v) is 3.39. The van der Waals surface area contributed by atoms with E-state index in [1.807, 2.05) is 50.2 Å². The van der Waals surface area contributed by atoms with Crippen LogP contribution >= 0.6 is 0 Å². The molecule has 0 atom stereocenters. The predicted molar refractivity (Wildman–Crippen MR) is 113 cm³/mol. The third-order valence-corrected chi connectivity index (χ3v) is 5.23. The first-order valence-electron chi connectivity index (χ1n) is 9.47. The molecular weight excluding hydrogens is 352 g/mol. The van der Waals surface area contributed by atoms with Crippen LogP contribution in [0.2, 0.25) is 0 Å². The number of aryl methyl sites for hydroxylation is 3. The molecule has 28 heavy (non-hydrogen) atoms. The van der Waals surface area contributed by atoms with Crippen LogP contribution in [0.5, 0.6) is 0 Å². The normalized spacial score (nSPS) is 10.9. The zero-order valence-corrected chi connectivity index (χ0v) is 16.8. The second-order valence-corrected chi connectivity index (χ2v) is 7.10. The zero-order chi connectivity index (χ0) is 20.7. The summed E-state index contributed by atoms with van der Waals surface area (Å²) in [6.07, 6.45) is 0. The highest BCUT2D eigenvalue weighted by molar-refractivity contribution is 5.86. The van der Waals surface area contributed by atoms with Crippen molar-refractivity contribution in [2.24, 2.45) is 0 Å². The highest BCUT2D eigenvalue weighted by Crippen LogP contribution is 2.23. The lowest BCUT2D eigenvalue weighted by molar-refractivity contribution is 0.192. The average molecular weight is 383 g/mol. The molecule has 0 aliphatic carbocycles. The minimum atomic E-state index is -0.144. The fraction of sp³-hybridized carbons (Fsp3) is 0.333. The third-order valence-electron chi connectivity index (χ3n) is 5.23. The van der Waals surface area contributed by atoms with Gasteiger partial charge in [0.25, 0.3) is 0 Å². The van der Waals surface area contributed by atoms with Crippen molar-refractivity contribution < 1.29 is 20.4 Å². The van der Waals surface area contributed by atoms with Crippen LogP contribution in [-0.2, 0) is 13.2 Å². The molecule has 0 fully saturated rings. The number of hydrogen-bond donors (Lipinski definition) is 4. The van der Waals surface area contributed by atoms with Crippen molar-refractivity contribution in [1.82, 2.24) is 0 Å². The van der Waals surface area contributed by atoms with Crippen molar-refractivity contribution in [2.45, 2.75) is 39.9 Å². The van der Waals surface area contributed by atoms with Crippen LogP contribution in [-0.4, -0.2) is 33.6 Å². The molecule has 150 valence electrons. The molecule has 0 unspecified atom stereocenters. The van der Waals surface area contributed by atoms with Gasteiger partial charge in [0.15, 0.2) is 0 Å². The van der Waals surface area contributed by atoms with Crippen molar-refractivity contribution in [3.05, 3.63) is 81.9 Å². The summed E-state index contributed by atoms with van der Waals surface area (Å²) in [5.41, 5.74) is 6.27. The summed E-state index contributed by atoms with van der Waals surface area (Å²) in [6.45, 7) is 6.07. The second-order valence-electron chi connectivity index (χ2n) is 7.10. The van der Waals surface area contributed by atoms with Crippen LogP contribution in [0.1, 0.15) is 39.3 Å². The lowest BCUT2D eigenvalue weighted by Crippen LogP contribution is -2.11. The molecule has 0 bridgehead atoms. The largest absolute Gasteiger partial charge is 0.396 e. The first-order valence-corrected chi connectivity index (χ1v) is 9.47. The Morgan fingerprint density at radius 1 is 0.714 bits per heavy atom. The Kier molecular flexibility index (Phi) is 8.15. The number of benzene rings is 3. The molecule has 0 radical (unpaired) electrons. The van der Waals surface area contributed by atoms with Crippen LogP contribution < -0.4 is 0 Å². The molecule has 0 saturated heterocycles. The lowest BCUT2D eigenvalue weighted by atomic mass is 9.92. The van der Waals surface area contributed by atoms with Gasteiger partial charge in [0.1, 0.15) is 0 Å². The SMILES string of the molecule is Cc1cc(C)c(C(CO)CO)cc1C.OCc1ccc2ccccc2c1CO.